The molecule has 1 aliphatic carbocycles. The molecule has 0 aliphatic heterocycles. The largest absolute Gasteiger partial charge is 0.370 e. The topological polar surface area (TPSA) is 67.5 Å². The summed E-state index contributed by atoms with van der Waals surface area (Å²) in [6.45, 7) is 4.75. The quantitative estimate of drug-likeness (QED) is 0.334. The predicted octanol–water partition coefficient (Wildman–Crippen LogP) is 0.996. The highest BCUT2D eigenvalue weighted by Gasteiger charge is 2.40. The van der Waals surface area contributed by atoms with Crippen molar-refractivity contribution in [2.75, 3.05) is 19.3 Å². The summed E-state index contributed by atoms with van der Waals surface area (Å²) in [6, 6.07) is 0. The molecule has 1 saturated carbocycles. The van der Waals surface area contributed by atoms with E-state index in [4.69, 9.17) is 5.73 Å². The van der Waals surface area contributed by atoms with Crippen LogP contribution in [0.5, 0.6) is 0 Å². The Hall–Kier alpha value is -0.110. The highest BCUT2D eigenvalue weighted by atomic mass is 127. The average molecular weight is 357 g/mol. The van der Waals surface area contributed by atoms with Gasteiger partial charge >= 0.3 is 0 Å². The van der Waals surface area contributed by atoms with E-state index in [0.717, 1.165) is 19.3 Å². The van der Waals surface area contributed by atoms with Crippen molar-refractivity contribution in [2.45, 2.75) is 24.0 Å². The SMILES string of the molecule is C=CCNC(N)=NCC1(S(C)=O)CCC1.I. The van der Waals surface area contributed by atoms with Crippen LogP contribution in [0.4, 0.5) is 0 Å². The number of nitrogens with one attached hydrogen (secondary N) is 1. The zero-order chi connectivity index (χ0) is 11.3. The van der Waals surface area contributed by atoms with Gasteiger partial charge < -0.3 is 11.1 Å². The van der Waals surface area contributed by atoms with E-state index in [1.165, 1.54) is 0 Å². The lowest BCUT2D eigenvalue weighted by Crippen LogP contribution is -2.45. The number of guanidine groups is 1. The zero-order valence-corrected chi connectivity index (χ0v) is 12.7. The lowest BCUT2D eigenvalue weighted by atomic mass is 9.84. The van der Waals surface area contributed by atoms with E-state index in [0.29, 0.717) is 19.0 Å². The highest BCUT2D eigenvalue weighted by molar-refractivity contribution is 14.0. The van der Waals surface area contributed by atoms with Gasteiger partial charge in [-0.15, -0.1) is 30.6 Å². The monoisotopic (exact) mass is 357 g/mol. The van der Waals surface area contributed by atoms with Crippen LogP contribution in [-0.2, 0) is 10.8 Å². The van der Waals surface area contributed by atoms with Crippen molar-refractivity contribution in [3.63, 3.8) is 0 Å². The molecule has 0 aromatic carbocycles. The van der Waals surface area contributed by atoms with Crippen LogP contribution in [0.1, 0.15) is 19.3 Å². The van der Waals surface area contributed by atoms with Crippen LogP contribution in [0.3, 0.4) is 0 Å². The molecule has 94 valence electrons. The van der Waals surface area contributed by atoms with E-state index >= 15 is 0 Å². The molecule has 0 heterocycles. The Morgan fingerprint density at radius 3 is 2.69 bits per heavy atom. The van der Waals surface area contributed by atoms with Crippen molar-refractivity contribution in [3.05, 3.63) is 12.7 Å². The van der Waals surface area contributed by atoms with E-state index in [1.807, 2.05) is 0 Å². The van der Waals surface area contributed by atoms with E-state index in [-0.39, 0.29) is 28.7 Å². The first-order chi connectivity index (χ1) is 7.10. The van der Waals surface area contributed by atoms with Crippen molar-refractivity contribution >= 4 is 40.7 Å². The Kier molecular flexibility index (Phi) is 7.21. The first-order valence-electron chi connectivity index (χ1n) is 5.09. The van der Waals surface area contributed by atoms with Gasteiger partial charge in [-0.3, -0.25) is 9.20 Å². The van der Waals surface area contributed by atoms with Crippen molar-refractivity contribution in [3.8, 4) is 0 Å². The van der Waals surface area contributed by atoms with E-state index in [1.54, 1.807) is 12.3 Å². The Labute approximate surface area is 117 Å². The van der Waals surface area contributed by atoms with Crippen LogP contribution < -0.4 is 11.1 Å². The number of hydrogen-bond acceptors (Lipinski definition) is 2. The van der Waals surface area contributed by atoms with E-state index < -0.39 is 10.8 Å². The molecule has 0 aromatic rings. The molecule has 16 heavy (non-hydrogen) atoms. The molecule has 0 saturated heterocycles. The summed E-state index contributed by atoms with van der Waals surface area (Å²) in [6.07, 6.45) is 6.61. The second kappa shape index (κ2) is 7.26. The number of rotatable bonds is 5. The molecule has 6 heteroatoms. The normalized spacial score (nSPS) is 20.2. The van der Waals surface area contributed by atoms with Gasteiger partial charge in [0, 0.05) is 23.6 Å². The third-order valence-electron chi connectivity index (χ3n) is 2.84. The summed E-state index contributed by atoms with van der Waals surface area (Å²) < 4.78 is 11.4. The van der Waals surface area contributed by atoms with Crippen LogP contribution in [-0.4, -0.2) is 34.3 Å². The first-order valence-corrected chi connectivity index (χ1v) is 6.65. The minimum atomic E-state index is -0.815. The Morgan fingerprint density at radius 1 is 1.69 bits per heavy atom. The van der Waals surface area contributed by atoms with Gasteiger partial charge in [0.25, 0.3) is 0 Å². The molecule has 1 atom stereocenters. The van der Waals surface area contributed by atoms with Gasteiger partial charge in [0.1, 0.15) is 0 Å². The van der Waals surface area contributed by atoms with Crippen LogP contribution in [0.15, 0.2) is 17.6 Å². The molecular formula is C10H20IN3OS. The van der Waals surface area contributed by atoms with Crippen LogP contribution in [0.25, 0.3) is 0 Å². The molecule has 1 rings (SSSR count). The lowest BCUT2D eigenvalue weighted by Gasteiger charge is -2.38. The summed E-state index contributed by atoms with van der Waals surface area (Å²) in [7, 11) is -0.815. The fraction of sp³-hybridized carbons (Fsp3) is 0.700. The fourth-order valence-electron chi connectivity index (χ4n) is 1.57. The van der Waals surface area contributed by atoms with Crippen LogP contribution in [0, 0.1) is 0 Å². The van der Waals surface area contributed by atoms with Gasteiger partial charge in [-0.05, 0) is 12.8 Å². The first kappa shape index (κ1) is 15.9. The fourth-order valence-corrected chi connectivity index (χ4v) is 2.68. The van der Waals surface area contributed by atoms with E-state index in [9.17, 15) is 4.21 Å². The van der Waals surface area contributed by atoms with Crippen molar-refractivity contribution in [1.29, 1.82) is 0 Å². The maximum absolute atomic E-state index is 11.5. The van der Waals surface area contributed by atoms with Gasteiger partial charge in [-0.1, -0.05) is 12.5 Å². The summed E-state index contributed by atoms with van der Waals surface area (Å²) >= 11 is 0. The van der Waals surface area contributed by atoms with Gasteiger partial charge in [-0.2, -0.15) is 0 Å². The molecule has 0 bridgehead atoms. The Balaban J connectivity index is 0.00000225. The van der Waals surface area contributed by atoms with Gasteiger partial charge in [-0.25, -0.2) is 0 Å². The second-order valence-corrected chi connectivity index (χ2v) is 5.64. The number of halogens is 1. The molecule has 1 aliphatic rings. The Morgan fingerprint density at radius 2 is 2.31 bits per heavy atom. The maximum Gasteiger partial charge on any atom is 0.188 e. The summed E-state index contributed by atoms with van der Waals surface area (Å²) in [5.74, 6) is 0.409. The summed E-state index contributed by atoms with van der Waals surface area (Å²) in [5, 5.41) is 2.90. The minimum Gasteiger partial charge on any atom is -0.370 e. The van der Waals surface area contributed by atoms with Gasteiger partial charge in [0.05, 0.1) is 11.3 Å². The zero-order valence-electron chi connectivity index (χ0n) is 9.57. The van der Waals surface area contributed by atoms with Crippen molar-refractivity contribution in [2.24, 2.45) is 10.7 Å². The van der Waals surface area contributed by atoms with E-state index in [2.05, 4.69) is 16.9 Å². The van der Waals surface area contributed by atoms with Crippen molar-refractivity contribution < 1.29 is 4.21 Å². The average Bonchev–Trinajstić information content (AvgIpc) is 2.12. The molecule has 0 aromatic heterocycles. The highest BCUT2D eigenvalue weighted by Crippen LogP contribution is 2.37. The minimum absolute atomic E-state index is 0. The third-order valence-corrected chi connectivity index (χ3v) is 4.60. The number of aliphatic imine (C=N–C) groups is 1. The number of nitrogens with zero attached hydrogens (tertiary/aromatic N) is 1. The van der Waals surface area contributed by atoms with Crippen LogP contribution in [0.2, 0.25) is 0 Å². The molecule has 1 unspecified atom stereocenters. The Bertz CT molecular complexity index is 290. The molecule has 3 N–H and O–H groups in total. The number of hydrogen-bond donors (Lipinski definition) is 2. The molecule has 4 nitrogen and oxygen atoms in total. The van der Waals surface area contributed by atoms with Gasteiger partial charge in [0.15, 0.2) is 5.96 Å². The van der Waals surface area contributed by atoms with Crippen molar-refractivity contribution in [1.82, 2.24) is 5.32 Å². The smallest absolute Gasteiger partial charge is 0.188 e. The third kappa shape index (κ3) is 4.04. The predicted molar refractivity (Wildman–Crippen MR) is 80.8 cm³/mol. The second-order valence-electron chi connectivity index (χ2n) is 3.86. The molecule has 0 amide bonds. The standard InChI is InChI=1S/C10H19N3OS.HI/c1-3-7-12-9(11)13-8-10(15(2)14)5-4-6-10;/h3H,1,4-8H2,2H3,(H3,11,12,13);1H. The summed E-state index contributed by atoms with van der Waals surface area (Å²) in [5.41, 5.74) is 5.64. The molecule has 0 radical (unpaired) electrons. The maximum atomic E-state index is 11.5. The van der Waals surface area contributed by atoms with Gasteiger partial charge in [0.2, 0.25) is 0 Å². The van der Waals surface area contributed by atoms with Crippen LogP contribution >= 0.6 is 24.0 Å². The lowest BCUT2D eigenvalue weighted by molar-refractivity contribution is 0.361. The molecular weight excluding hydrogens is 337 g/mol. The number of nitrogens with two attached hydrogens (primary N) is 1. The molecule has 0 spiro atoms. The summed E-state index contributed by atoms with van der Waals surface area (Å²) in [4.78, 5) is 4.22. The molecule has 1 fully saturated rings.